The highest BCUT2D eigenvalue weighted by Gasteiger charge is 1.94. The summed E-state index contributed by atoms with van der Waals surface area (Å²) < 4.78 is 1.12. The van der Waals surface area contributed by atoms with E-state index >= 15 is 0 Å². The van der Waals surface area contributed by atoms with Gasteiger partial charge in [-0.15, -0.1) is 11.3 Å². The predicted molar refractivity (Wildman–Crippen MR) is 58.4 cm³/mol. The molecule has 0 N–H and O–H groups in total. The van der Waals surface area contributed by atoms with Crippen LogP contribution in [-0.4, -0.2) is 0 Å². The van der Waals surface area contributed by atoms with Crippen LogP contribution in [0.1, 0.15) is 31.7 Å². The van der Waals surface area contributed by atoms with E-state index in [-0.39, 0.29) is 0 Å². The minimum atomic E-state index is 1.01. The Morgan fingerprint density at radius 2 is 2.33 bits per heavy atom. The summed E-state index contributed by atoms with van der Waals surface area (Å²) in [4.78, 5) is 0. The minimum Gasteiger partial charge on any atom is -0.150 e. The van der Waals surface area contributed by atoms with Crippen LogP contribution in [0.2, 0.25) is 0 Å². The van der Waals surface area contributed by atoms with Gasteiger partial charge in [0.15, 0.2) is 0 Å². The fourth-order valence-corrected chi connectivity index (χ4v) is 2.12. The summed E-state index contributed by atoms with van der Waals surface area (Å²) in [5, 5.41) is 4.13. The van der Waals surface area contributed by atoms with Crippen molar-refractivity contribution in [1.82, 2.24) is 0 Å². The molecule has 0 unspecified atom stereocenters. The molecule has 0 radical (unpaired) electrons. The molecule has 1 rings (SSSR count). The largest absolute Gasteiger partial charge is 0.150 e. The van der Waals surface area contributed by atoms with Gasteiger partial charge in [0.05, 0.1) is 0 Å². The molecule has 0 aliphatic carbocycles. The van der Waals surface area contributed by atoms with Crippen LogP contribution >= 0.6 is 27.3 Å². The molecule has 0 saturated heterocycles. The molecule has 0 bridgehead atoms. The van der Waals surface area contributed by atoms with E-state index in [9.17, 15) is 0 Å². The molecule has 0 atom stereocenters. The number of thiophene rings is 1. The summed E-state index contributed by atoms with van der Waals surface area (Å²) in [6.45, 7) is 2.18. The summed E-state index contributed by atoms with van der Waals surface area (Å²) in [7, 11) is 0. The predicted octanol–water partition coefficient (Wildman–Crippen LogP) is 4.05. The Bertz CT molecular complexity index is 290. The third-order valence-corrected chi connectivity index (χ3v) is 3.20. The molecule has 0 nitrogen and oxygen atoms in total. The highest BCUT2D eigenvalue weighted by atomic mass is 79.9. The van der Waals surface area contributed by atoms with Crippen LogP contribution in [0.3, 0.4) is 0 Å². The molecular formula is C10H11BrS. The van der Waals surface area contributed by atoms with E-state index in [1.165, 1.54) is 12.8 Å². The van der Waals surface area contributed by atoms with Crippen molar-refractivity contribution in [3.8, 4) is 11.8 Å². The maximum atomic E-state index is 3.44. The number of unbranched alkanes of at least 4 members (excludes halogenated alkanes) is 2. The zero-order chi connectivity index (χ0) is 8.81. The molecule has 0 saturated carbocycles. The van der Waals surface area contributed by atoms with E-state index in [1.807, 2.05) is 0 Å². The van der Waals surface area contributed by atoms with Crippen LogP contribution in [0.15, 0.2) is 15.2 Å². The van der Waals surface area contributed by atoms with Crippen LogP contribution in [-0.2, 0) is 0 Å². The van der Waals surface area contributed by atoms with Gasteiger partial charge in [-0.3, -0.25) is 0 Å². The number of hydrogen-bond acceptors (Lipinski definition) is 1. The van der Waals surface area contributed by atoms with Gasteiger partial charge in [-0.1, -0.05) is 25.2 Å². The van der Waals surface area contributed by atoms with Crippen LogP contribution in [0.5, 0.6) is 0 Å². The lowest BCUT2D eigenvalue weighted by molar-refractivity contribution is 0.828. The molecule has 1 aromatic rings. The zero-order valence-corrected chi connectivity index (χ0v) is 9.46. The normalized spacial score (nSPS) is 9.17. The summed E-state index contributed by atoms with van der Waals surface area (Å²) in [5.41, 5.74) is 1.12. The van der Waals surface area contributed by atoms with Gasteiger partial charge in [0.2, 0.25) is 0 Å². The molecule has 64 valence electrons. The molecule has 1 heterocycles. The smallest absolute Gasteiger partial charge is 0.0494 e. The van der Waals surface area contributed by atoms with Crippen molar-refractivity contribution in [2.45, 2.75) is 26.2 Å². The topological polar surface area (TPSA) is 0 Å². The summed E-state index contributed by atoms with van der Waals surface area (Å²) in [6.07, 6.45) is 3.44. The van der Waals surface area contributed by atoms with Crippen molar-refractivity contribution in [2.75, 3.05) is 0 Å². The fraction of sp³-hybridized carbons (Fsp3) is 0.400. The Morgan fingerprint density at radius 1 is 1.50 bits per heavy atom. The molecular weight excluding hydrogens is 232 g/mol. The number of rotatable bonds is 2. The van der Waals surface area contributed by atoms with E-state index < -0.39 is 0 Å². The molecule has 0 aromatic carbocycles. The first kappa shape index (κ1) is 9.83. The van der Waals surface area contributed by atoms with Crippen LogP contribution in [0.25, 0.3) is 0 Å². The second-order valence-corrected chi connectivity index (χ2v) is 4.14. The van der Waals surface area contributed by atoms with Gasteiger partial charge < -0.3 is 0 Å². The SMILES string of the molecule is CCCCC#Cc1cscc1Br. The maximum absolute atomic E-state index is 3.44. The molecule has 0 aliphatic rings. The molecule has 0 amide bonds. The van der Waals surface area contributed by atoms with Gasteiger partial charge in [0.25, 0.3) is 0 Å². The lowest BCUT2D eigenvalue weighted by Crippen LogP contribution is -1.70. The van der Waals surface area contributed by atoms with E-state index in [0.29, 0.717) is 0 Å². The van der Waals surface area contributed by atoms with E-state index in [0.717, 1.165) is 16.5 Å². The Balaban J connectivity index is 2.49. The molecule has 0 aliphatic heterocycles. The van der Waals surface area contributed by atoms with Crippen molar-refractivity contribution in [3.63, 3.8) is 0 Å². The second-order valence-electron chi connectivity index (χ2n) is 2.54. The molecule has 0 spiro atoms. The molecule has 2 heteroatoms. The first-order valence-electron chi connectivity index (χ1n) is 4.05. The van der Waals surface area contributed by atoms with Gasteiger partial charge >= 0.3 is 0 Å². The number of hydrogen-bond donors (Lipinski definition) is 0. The first-order chi connectivity index (χ1) is 5.84. The quantitative estimate of drug-likeness (QED) is 0.543. The highest BCUT2D eigenvalue weighted by Crippen LogP contribution is 2.19. The van der Waals surface area contributed by atoms with Crippen LogP contribution in [0.4, 0.5) is 0 Å². The van der Waals surface area contributed by atoms with E-state index in [2.05, 4.69) is 45.5 Å². The Labute approximate surface area is 86.1 Å². The molecule has 12 heavy (non-hydrogen) atoms. The Morgan fingerprint density at radius 3 is 2.92 bits per heavy atom. The molecule has 1 aromatic heterocycles. The average molecular weight is 243 g/mol. The van der Waals surface area contributed by atoms with Crippen LogP contribution in [0, 0.1) is 11.8 Å². The van der Waals surface area contributed by atoms with Gasteiger partial charge in [-0.05, 0) is 22.4 Å². The second kappa shape index (κ2) is 5.40. The van der Waals surface area contributed by atoms with Gasteiger partial charge in [-0.2, -0.15) is 0 Å². The maximum Gasteiger partial charge on any atom is 0.0494 e. The van der Waals surface area contributed by atoms with Crippen molar-refractivity contribution in [3.05, 3.63) is 20.8 Å². The van der Waals surface area contributed by atoms with E-state index in [1.54, 1.807) is 11.3 Å². The molecule has 0 fully saturated rings. The lowest BCUT2D eigenvalue weighted by atomic mass is 10.2. The van der Waals surface area contributed by atoms with Crippen molar-refractivity contribution in [1.29, 1.82) is 0 Å². The first-order valence-corrected chi connectivity index (χ1v) is 5.78. The number of halogens is 1. The lowest BCUT2D eigenvalue weighted by Gasteiger charge is -1.84. The van der Waals surface area contributed by atoms with Crippen molar-refractivity contribution in [2.24, 2.45) is 0 Å². The minimum absolute atomic E-state index is 1.01. The monoisotopic (exact) mass is 242 g/mol. The standard InChI is InChI=1S/C10H11BrS/c1-2-3-4-5-6-9-7-12-8-10(9)11/h7-8H,2-4H2,1H3. The van der Waals surface area contributed by atoms with Crippen molar-refractivity contribution >= 4 is 27.3 Å². The Kier molecular flexibility index (Phi) is 4.42. The third kappa shape index (κ3) is 3.00. The zero-order valence-electron chi connectivity index (χ0n) is 7.06. The van der Waals surface area contributed by atoms with Crippen molar-refractivity contribution < 1.29 is 0 Å². The summed E-state index contributed by atoms with van der Waals surface area (Å²) in [5.74, 6) is 6.30. The summed E-state index contributed by atoms with van der Waals surface area (Å²) in [6, 6.07) is 0. The Hall–Kier alpha value is -0.260. The van der Waals surface area contributed by atoms with Crippen LogP contribution < -0.4 is 0 Å². The summed E-state index contributed by atoms with van der Waals surface area (Å²) >= 11 is 5.12. The van der Waals surface area contributed by atoms with E-state index in [4.69, 9.17) is 0 Å². The fourth-order valence-electron chi connectivity index (χ4n) is 0.794. The highest BCUT2D eigenvalue weighted by molar-refractivity contribution is 9.10. The van der Waals surface area contributed by atoms with Gasteiger partial charge in [-0.25, -0.2) is 0 Å². The van der Waals surface area contributed by atoms with Gasteiger partial charge in [0.1, 0.15) is 0 Å². The average Bonchev–Trinajstić information content (AvgIpc) is 2.46. The van der Waals surface area contributed by atoms with Gasteiger partial charge in [0, 0.05) is 27.2 Å². The third-order valence-electron chi connectivity index (χ3n) is 1.49.